The molecule has 11 heteroatoms. The number of hydrogen-bond acceptors (Lipinski definition) is 5. The van der Waals surface area contributed by atoms with Gasteiger partial charge in [-0.1, -0.05) is 53.9 Å². The summed E-state index contributed by atoms with van der Waals surface area (Å²) in [5, 5.41) is 0.935. The van der Waals surface area contributed by atoms with Crippen LogP contribution in [0.15, 0.2) is 12.2 Å². The summed E-state index contributed by atoms with van der Waals surface area (Å²) in [5.74, 6) is 0. The number of imide groups is 1. The number of hydrazine groups is 1. The topological polar surface area (TPSA) is 88.2 Å². The van der Waals surface area contributed by atoms with Crippen molar-refractivity contribution in [2.24, 2.45) is 0 Å². The van der Waals surface area contributed by atoms with Gasteiger partial charge in [0.15, 0.2) is 0 Å². The maximum atomic E-state index is 12.2. The first kappa shape index (κ1) is 20.7. The van der Waals surface area contributed by atoms with Crippen molar-refractivity contribution in [1.29, 1.82) is 0 Å². The lowest BCUT2D eigenvalue weighted by atomic mass is 10.2. The van der Waals surface area contributed by atoms with Gasteiger partial charge >= 0.3 is 18.2 Å². The molecule has 1 N–H and O–H groups in total. The standard InChI is InChI=1S/C13H18Cl3N3O5/c1-3-5-9(4-2)19(12(22)24-8-13(14,15)16)17-10(20)18-6-7-23-11(18)21/h3,5,9H,4,6-8H2,1-2H3,(H,17,20)/b5-3+. The van der Waals surface area contributed by atoms with Gasteiger partial charge in [-0.05, 0) is 13.3 Å². The van der Waals surface area contributed by atoms with Crippen LogP contribution in [-0.4, -0.2) is 57.7 Å². The van der Waals surface area contributed by atoms with Gasteiger partial charge in [-0.25, -0.2) is 29.7 Å². The molecule has 0 spiro atoms. The number of nitrogens with one attached hydrogen (secondary N) is 1. The van der Waals surface area contributed by atoms with E-state index >= 15 is 0 Å². The molecular formula is C13H18Cl3N3O5. The number of halogens is 3. The Morgan fingerprint density at radius 1 is 1.50 bits per heavy atom. The van der Waals surface area contributed by atoms with Crippen molar-refractivity contribution >= 4 is 53.0 Å². The van der Waals surface area contributed by atoms with E-state index in [2.05, 4.69) is 10.2 Å². The Hall–Kier alpha value is -1.38. The van der Waals surface area contributed by atoms with Gasteiger partial charge in [0.2, 0.25) is 3.79 Å². The number of hydrogen-bond donors (Lipinski definition) is 1. The van der Waals surface area contributed by atoms with Crippen LogP contribution in [0.1, 0.15) is 20.3 Å². The molecular weight excluding hydrogens is 385 g/mol. The lowest BCUT2D eigenvalue weighted by Crippen LogP contribution is -2.55. The van der Waals surface area contributed by atoms with Crippen molar-refractivity contribution < 1.29 is 23.9 Å². The molecule has 4 amide bonds. The van der Waals surface area contributed by atoms with Crippen molar-refractivity contribution in [2.75, 3.05) is 19.8 Å². The Bertz CT molecular complexity index is 510. The predicted molar refractivity (Wildman–Crippen MR) is 89.0 cm³/mol. The highest BCUT2D eigenvalue weighted by Gasteiger charge is 2.33. The highest BCUT2D eigenvalue weighted by Crippen LogP contribution is 2.26. The van der Waals surface area contributed by atoms with Crippen molar-refractivity contribution in [1.82, 2.24) is 15.3 Å². The molecule has 0 radical (unpaired) electrons. The molecule has 1 fully saturated rings. The molecule has 136 valence electrons. The van der Waals surface area contributed by atoms with Gasteiger partial charge in [-0.3, -0.25) is 0 Å². The van der Waals surface area contributed by atoms with Gasteiger partial charge in [-0.15, -0.1) is 0 Å². The molecule has 1 aliphatic rings. The lowest BCUT2D eigenvalue weighted by Gasteiger charge is -2.30. The Labute approximate surface area is 154 Å². The fourth-order valence-corrected chi connectivity index (χ4v) is 2.01. The predicted octanol–water partition coefficient (Wildman–Crippen LogP) is 3.23. The van der Waals surface area contributed by atoms with Crippen LogP contribution in [0.5, 0.6) is 0 Å². The zero-order chi connectivity index (χ0) is 18.3. The fourth-order valence-electron chi connectivity index (χ4n) is 1.85. The molecule has 1 unspecified atom stereocenters. The largest absolute Gasteiger partial charge is 0.447 e. The summed E-state index contributed by atoms with van der Waals surface area (Å²) in [5.41, 5.74) is 2.33. The Kier molecular flexibility index (Phi) is 7.92. The highest BCUT2D eigenvalue weighted by atomic mass is 35.6. The second-order valence-corrected chi connectivity index (χ2v) is 7.24. The number of rotatable bonds is 4. The van der Waals surface area contributed by atoms with Gasteiger partial charge in [0, 0.05) is 0 Å². The quantitative estimate of drug-likeness (QED) is 0.443. The van der Waals surface area contributed by atoms with Gasteiger partial charge in [-0.2, -0.15) is 0 Å². The van der Waals surface area contributed by atoms with E-state index in [-0.39, 0.29) is 13.2 Å². The zero-order valence-electron chi connectivity index (χ0n) is 13.1. The molecule has 1 aliphatic heterocycles. The number of ether oxygens (including phenoxy) is 2. The molecule has 0 bridgehead atoms. The number of alkyl halides is 3. The van der Waals surface area contributed by atoms with Crippen molar-refractivity contribution in [3.05, 3.63) is 12.2 Å². The van der Waals surface area contributed by atoms with Gasteiger partial charge in [0.1, 0.15) is 13.2 Å². The van der Waals surface area contributed by atoms with Gasteiger partial charge < -0.3 is 9.47 Å². The van der Waals surface area contributed by atoms with Crippen LogP contribution in [0, 0.1) is 0 Å². The molecule has 8 nitrogen and oxygen atoms in total. The minimum Gasteiger partial charge on any atom is -0.447 e. The van der Waals surface area contributed by atoms with E-state index in [0.717, 1.165) is 9.91 Å². The maximum absolute atomic E-state index is 12.2. The summed E-state index contributed by atoms with van der Waals surface area (Å²) in [6, 6.07) is -1.33. The Balaban J connectivity index is 2.85. The number of allylic oxidation sites excluding steroid dienone is 1. The van der Waals surface area contributed by atoms with Crippen LogP contribution in [0.3, 0.4) is 0 Å². The highest BCUT2D eigenvalue weighted by molar-refractivity contribution is 6.67. The third-order valence-electron chi connectivity index (χ3n) is 2.94. The van der Waals surface area contributed by atoms with Crippen LogP contribution in [0.25, 0.3) is 0 Å². The average molecular weight is 403 g/mol. The summed E-state index contributed by atoms with van der Waals surface area (Å²) >= 11 is 16.6. The summed E-state index contributed by atoms with van der Waals surface area (Å²) < 4.78 is 7.79. The monoisotopic (exact) mass is 401 g/mol. The molecule has 1 atom stereocenters. The van der Waals surface area contributed by atoms with E-state index < -0.39 is 34.7 Å². The third-order valence-corrected chi connectivity index (χ3v) is 3.27. The number of cyclic esters (lactones) is 1. The molecule has 0 aliphatic carbocycles. The van der Waals surface area contributed by atoms with E-state index in [4.69, 9.17) is 39.5 Å². The smallest absolute Gasteiger partial charge is 0.429 e. The summed E-state index contributed by atoms with van der Waals surface area (Å²) in [4.78, 5) is 36.7. The van der Waals surface area contributed by atoms with Crippen LogP contribution < -0.4 is 5.43 Å². The second-order valence-electron chi connectivity index (χ2n) is 4.72. The molecule has 24 heavy (non-hydrogen) atoms. The number of carbonyl (C=O) groups is 3. The first-order valence-corrected chi connectivity index (χ1v) is 8.23. The summed E-state index contributed by atoms with van der Waals surface area (Å²) in [6.45, 7) is 3.24. The van der Waals surface area contributed by atoms with Crippen molar-refractivity contribution in [3.63, 3.8) is 0 Å². The van der Waals surface area contributed by atoms with Gasteiger partial charge in [0.25, 0.3) is 0 Å². The normalized spacial score (nSPS) is 16.0. The van der Waals surface area contributed by atoms with Crippen molar-refractivity contribution in [2.45, 2.75) is 30.1 Å². The second kappa shape index (κ2) is 9.19. The molecule has 0 aromatic carbocycles. The molecule has 0 aromatic rings. The van der Waals surface area contributed by atoms with E-state index in [0.29, 0.717) is 6.42 Å². The average Bonchev–Trinajstić information content (AvgIpc) is 2.93. The van der Waals surface area contributed by atoms with Gasteiger partial charge in [0.05, 0.1) is 12.6 Å². The van der Waals surface area contributed by atoms with E-state index in [1.165, 1.54) is 0 Å². The van der Waals surface area contributed by atoms with E-state index in [9.17, 15) is 14.4 Å². The Morgan fingerprint density at radius 2 is 2.17 bits per heavy atom. The number of carbonyl (C=O) groups excluding carboxylic acids is 3. The third kappa shape index (κ3) is 6.26. The lowest BCUT2D eigenvalue weighted by molar-refractivity contribution is 0.0720. The van der Waals surface area contributed by atoms with Crippen molar-refractivity contribution in [3.8, 4) is 0 Å². The summed E-state index contributed by atoms with van der Waals surface area (Å²) in [7, 11) is 0. The van der Waals surface area contributed by atoms with E-state index in [1.807, 2.05) is 0 Å². The van der Waals surface area contributed by atoms with E-state index in [1.54, 1.807) is 26.0 Å². The first-order chi connectivity index (χ1) is 11.2. The molecule has 1 rings (SSSR count). The maximum Gasteiger partial charge on any atom is 0.429 e. The minimum atomic E-state index is -1.79. The molecule has 0 aromatic heterocycles. The van der Waals surface area contributed by atoms with Crippen LogP contribution in [0.4, 0.5) is 14.4 Å². The molecule has 1 saturated heterocycles. The number of amides is 4. The van der Waals surface area contributed by atoms with Crippen LogP contribution in [-0.2, 0) is 9.47 Å². The SMILES string of the molecule is C/C=C/C(CC)N(NC(=O)N1CCOC1=O)C(=O)OCC(Cl)(Cl)Cl. The van der Waals surface area contributed by atoms with Crippen LogP contribution >= 0.6 is 34.8 Å². The fraction of sp³-hybridized carbons (Fsp3) is 0.615. The molecule has 1 heterocycles. The zero-order valence-corrected chi connectivity index (χ0v) is 15.4. The molecule has 0 saturated carbocycles. The number of urea groups is 1. The number of nitrogens with zero attached hydrogens (tertiary/aromatic N) is 2. The first-order valence-electron chi connectivity index (χ1n) is 7.10. The minimum absolute atomic E-state index is 0.0854. The Morgan fingerprint density at radius 3 is 2.62 bits per heavy atom. The van der Waals surface area contributed by atoms with Crippen LogP contribution in [0.2, 0.25) is 0 Å². The summed E-state index contributed by atoms with van der Waals surface area (Å²) in [6.07, 6.45) is 2.14.